The van der Waals surface area contributed by atoms with E-state index in [1.807, 2.05) is 33.7 Å². The fourth-order valence-corrected chi connectivity index (χ4v) is 4.05. The van der Waals surface area contributed by atoms with Gasteiger partial charge in [-0.05, 0) is 48.4 Å². The van der Waals surface area contributed by atoms with E-state index in [0.717, 1.165) is 26.6 Å². The van der Waals surface area contributed by atoms with Crippen LogP contribution in [0, 0.1) is 0 Å². The Labute approximate surface area is 161 Å². The molecule has 25 heavy (non-hydrogen) atoms. The molecule has 0 atom stereocenters. The van der Waals surface area contributed by atoms with Gasteiger partial charge in [0.1, 0.15) is 6.54 Å². The molecule has 1 aliphatic rings. The standard InChI is InChI=1S/C19H14Br2N2O2/c20-13-1-3-16-12(9-13)5-8-23(16)19(25)11-22-7-6-18(24)15-10-14(21)2-4-17(15)22/h1-4,6-7,9-10H,5,8,11H2. The lowest BCUT2D eigenvalue weighted by molar-refractivity contribution is -0.119. The van der Waals surface area contributed by atoms with Crippen LogP contribution in [0.4, 0.5) is 5.69 Å². The van der Waals surface area contributed by atoms with Crippen molar-refractivity contribution in [2.75, 3.05) is 11.4 Å². The van der Waals surface area contributed by atoms with Crippen LogP contribution in [0.15, 0.2) is 62.4 Å². The van der Waals surface area contributed by atoms with Crippen molar-refractivity contribution in [3.8, 4) is 0 Å². The molecule has 4 nitrogen and oxygen atoms in total. The summed E-state index contributed by atoms with van der Waals surface area (Å²) in [5.41, 5.74) is 2.87. The highest BCUT2D eigenvalue weighted by atomic mass is 79.9. The second kappa shape index (κ2) is 6.42. The summed E-state index contributed by atoms with van der Waals surface area (Å²) < 4.78 is 3.71. The normalized spacial score (nSPS) is 13.3. The van der Waals surface area contributed by atoms with Crippen molar-refractivity contribution >= 4 is 54.4 Å². The summed E-state index contributed by atoms with van der Waals surface area (Å²) in [5, 5.41) is 0.607. The molecule has 0 fully saturated rings. The van der Waals surface area contributed by atoms with E-state index in [4.69, 9.17) is 0 Å². The number of pyridine rings is 1. The largest absolute Gasteiger partial charge is 0.338 e. The van der Waals surface area contributed by atoms with Crippen molar-refractivity contribution in [1.29, 1.82) is 0 Å². The summed E-state index contributed by atoms with van der Waals surface area (Å²) in [6, 6.07) is 13.0. The second-order valence-electron chi connectivity index (χ2n) is 6.04. The van der Waals surface area contributed by atoms with Crippen LogP contribution in [-0.4, -0.2) is 17.0 Å². The molecule has 1 amide bonds. The molecule has 0 saturated heterocycles. The molecule has 126 valence electrons. The lowest BCUT2D eigenvalue weighted by atomic mass is 10.2. The molecule has 1 aliphatic heterocycles. The van der Waals surface area contributed by atoms with Crippen molar-refractivity contribution < 1.29 is 4.79 Å². The zero-order valence-electron chi connectivity index (χ0n) is 13.2. The van der Waals surface area contributed by atoms with Gasteiger partial charge in [0.15, 0.2) is 5.43 Å². The number of anilines is 1. The number of hydrogen-bond donors (Lipinski definition) is 0. The minimum absolute atomic E-state index is 0.0222. The predicted molar refractivity (Wildman–Crippen MR) is 106 cm³/mol. The summed E-state index contributed by atoms with van der Waals surface area (Å²) >= 11 is 6.87. The summed E-state index contributed by atoms with van der Waals surface area (Å²) in [6.07, 6.45) is 2.55. The average Bonchev–Trinajstić information content (AvgIpc) is 3.00. The summed E-state index contributed by atoms with van der Waals surface area (Å²) in [6.45, 7) is 0.891. The minimum atomic E-state index is -0.0450. The second-order valence-corrected chi connectivity index (χ2v) is 7.87. The first-order valence-corrected chi connectivity index (χ1v) is 9.49. The maximum atomic E-state index is 12.9. The van der Waals surface area contributed by atoms with Crippen molar-refractivity contribution in [2.45, 2.75) is 13.0 Å². The van der Waals surface area contributed by atoms with Gasteiger partial charge in [0, 0.05) is 38.8 Å². The first-order valence-electron chi connectivity index (χ1n) is 7.90. The van der Waals surface area contributed by atoms with Crippen LogP contribution in [-0.2, 0) is 17.8 Å². The number of fused-ring (bicyclic) bond motifs is 2. The van der Waals surface area contributed by atoms with Gasteiger partial charge >= 0.3 is 0 Å². The van der Waals surface area contributed by atoms with Gasteiger partial charge in [-0.3, -0.25) is 9.59 Å². The molecule has 2 aromatic carbocycles. The third-order valence-electron chi connectivity index (χ3n) is 4.48. The third-order valence-corrected chi connectivity index (χ3v) is 5.47. The first kappa shape index (κ1) is 16.5. The van der Waals surface area contributed by atoms with Gasteiger partial charge in [0.2, 0.25) is 5.91 Å². The Balaban J connectivity index is 1.68. The van der Waals surface area contributed by atoms with Crippen molar-refractivity contribution in [3.63, 3.8) is 0 Å². The number of nitrogens with zero attached hydrogens (tertiary/aromatic N) is 2. The third kappa shape index (κ3) is 3.04. The molecule has 0 aliphatic carbocycles. The quantitative estimate of drug-likeness (QED) is 0.576. The van der Waals surface area contributed by atoms with Gasteiger partial charge in [-0.1, -0.05) is 31.9 Å². The van der Waals surface area contributed by atoms with Crippen LogP contribution in [0.5, 0.6) is 0 Å². The van der Waals surface area contributed by atoms with Crippen molar-refractivity contribution in [1.82, 2.24) is 4.57 Å². The number of rotatable bonds is 2. The Hall–Kier alpha value is -1.92. The molecule has 0 saturated carbocycles. The molecule has 2 heterocycles. The van der Waals surface area contributed by atoms with E-state index in [-0.39, 0.29) is 17.9 Å². The van der Waals surface area contributed by atoms with Gasteiger partial charge in [0.05, 0.1) is 5.52 Å². The van der Waals surface area contributed by atoms with Gasteiger partial charge in [-0.25, -0.2) is 0 Å². The Morgan fingerprint density at radius 3 is 2.64 bits per heavy atom. The SMILES string of the molecule is O=C(Cn1ccc(=O)c2cc(Br)ccc21)N1CCc2cc(Br)ccc21. The molecule has 0 spiro atoms. The molecule has 0 N–H and O–H groups in total. The topological polar surface area (TPSA) is 42.3 Å². The minimum Gasteiger partial charge on any atom is -0.338 e. The van der Waals surface area contributed by atoms with E-state index < -0.39 is 0 Å². The molecule has 0 bridgehead atoms. The number of carbonyl (C=O) groups excluding carboxylic acids is 1. The number of amides is 1. The molecule has 1 aromatic heterocycles. The number of aromatic nitrogens is 1. The van der Waals surface area contributed by atoms with Crippen LogP contribution in [0.3, 0.4) is 0 Å². The van der Waals surface area contributed by atoms with Gasteiger partial charge in [-0.15, -0.1) is 0 Å². The number of hydrogen-bond acceptors (Lipinski definition) is 2. The van der Waals surface area contributed by atoms with Gasteiger partial charge in [-0.2, -0.15) is 0 Å². The average molecular weight is 462 g/mol. The van der Waals surface area contributed by atoms with Crippen LogP contribution in [0.25, 0.3) is 10.9 Å². The Morgan fingerprint density at radius 2 is 1.80 bits per heavy atom. The monoisotopic (exact) mass is 460 g/mol. The molecular weight excluding hydrogens is 448 g/mol. The Morgan fingerprint density at radius 1 is 1.04 bits per heavy atom. The Bertz CT molecular complexity index is 1060. The number of carbonyl (C=O) groups is 1. The van der Waals surface area contributed by atoms with Crippen molar-refractivity contribution in [2.24, 2.45) is 0 Å². The number of halogens is 2. The van der Waals surface area contributed by atoms with Crippen LogP contribution in [0.2, 0.25) is 0 Å². The maximum Gasteiger partial charge on any atom is 0.246 e. The van der Waals surface area contributed by atoms with Gasteiger partial charge in [0.25, 0.3) is 0 Å². The molecule has 3 aromatic rings. The molecular formula is C19H14Br2N2O2. The first-order chi connectivity index (χ1) is 12.0. The maximum absolute atomic E-state index is 12.9. The summed E-state index contributed by atoms with van der Waals surface area (Å²) in [7, 11) is 0. The van der Waals surface area contributed by atoms with E-state index in [1.165, 1.54) is 11.6 Å². The zero-order valence-corrected chi connectivity index (χ0v) is 16.4. The Kier molecular flexibility index (Phi) is 4.25. The highest BCUT2D eigenvalue weighted by Gasteiger charge is 2.24. The van der Waals surface area contributed by atoms with Crippen LogP contribution >= 0.6 is 31.9 Å². The predicted octanol–water partition coefficient (Wildman–Crippen LogP) is 4.12. The fourth-order valence-electron chi connectivity index (χ4n) is 3.28. The van der Waals surface area contributed by atoms with E-state index >= 15 is 0 Å². The molecule has 4 rings (SSSR count). The molecule has 0 radical (unpaired) electrons. The zero-order chi connectivity index (χ0) is 17.6. The highest BCUT2D eigenvalue weighted by molar-refractivity contribution is 9.10. The smallest absolute Gasteiger partial charge is 0.246 e. The summed E-state index contributed by atoms with van der Waals surface area (Å²) in [4.78, 5) is 26.8. The van der Waals surface area contributed by atoms with Crippen LogP contribution in [0.1, 0.15) is 5.56 Å². The molecule has 6 heteroatoms. The van der Waals surface area contributed by atoms with E-state index in [1.54, 1.807) is 12.3 Å². The van der Waals surface area contributed by atoms with E-state index in [0.29, 0.717) is 11.9 Å². The summed E-state index contributed by atoms with van der Waals surface area (Å²) in [5.74, 6) is 0.0222. The van der Waals surface area contributed by atoms with E-state index in [9.17, 15) is 9.59 Å². The number of benzene rings is 2. The highest BCUT2D eigenvalue weighted by Crippen LogP contribution is 2.30. The fraction of sp³-hybridized carbons (Fsp3) is 0.158. The molecule has 0 unspecified atom stereocenters. The van der Waals surface area contributed by atoms with Gasteiger partial charge < -0.3 is 9.47 Å². The van der Waals surface area contributed by atoms with E-state index in [2.05, 4.69) is 37.9 Å². The lowest BCUT2D eigenvalue weighted by Gasteiger charge is -2.19. The van der Waals surface area contributed by atoms with Crippen molar-refractivity contribution in [3.05, 3.63) is 73.4 Å². The lowest BCUT2D eigenvalue weighted by Crippen LogP contribution is -2.32. The van der Waals surface area contributed by atoms with Crippen LogP contribution < -0.4 is 10.3 Å².